The zero-order valence-electron chi connectivity index (χ0n) is 20.1. The van der Waals surface area contributed by atoms with Crippen LogP contribution in [0, 0.1) is 0 Å². The number of thioether (sulfide) groups is 2. The molecule has 11 heteroatoms. The van der Waals surface area contributed by atoms with Crippen LogP contribution in [0.1, 0.15) is 0 Å². The summed E-state index contributed by atoms with van der Waals surface area (Å²) in [5.41, 5.74) is 3.78. The maximum Gasteiger partial charge on any atom is 0.234 e. The topological polar surface area (TPSA) is 102 Å². The molecule has 3 aromatic carbocycles. The average Bonchev–Trinajstić information content (AvgIpc) is 3.61. The van der Waals surface area contributed by atoms with Crippen LogP contribution < -0.4 is 10.6 Å². The molecule has 0 radical (unpaired) electrons. The van der Waals surface area contributed by atoms with Crippen LogP contribution in [-0.4, -0.2) is 37.9 Å². The van der Waals surface area contributed by atoms with Crippen molar-refractivity contribution in [3.63, 3.8) is 0 Å². The Labute approximate surface area is 229 Å². The van der Waals surface area contributed by atoms with Crippen LogP contribution in [0.5, 0.6) is 0 Å². The van der Waals surface area contributed by atoms with E-state index in [-0.39, 0.29) is 23.3 Å². The molecule has 0 spiro atoms. The predicted octanol–water partition coefficient (Wildman–Crippen LogP) is 6.39. The lowest BCUT2D eigenvalue weighted by Gasteiger charge is -2.05. The van der Waals surface area contributed by atoms with Crippen LogP contribution in [0.4, 0.5) is 11.4 Å². The summed E-state index contributed by atoms with van der Waals surface area (Å²) in [6.07, 6.45) is 3.55. The molecule has 0 aliphatic heterocycles. The second-order valence-corrected chi connectivity index (χ2v) is 11.7. The highest BCUT2D eigenvalue weighted by Crippen LogP contribution is 2.32. The van der Waals surface area contributed by atoms with E-state index >= 15 is 0 Å². The first-order valence-electron chi connectivity index (χ1n) is 11.7. The molecule has 190 valence electrons. The van der Waals surface area contributed by atoms with Gasteiger partial charge >= 0.3 is 0 Å². The van der Waals surface area contributed by atoms with Crippen LogP contribution in [0.3, 0.4) is 0 Å². The predicted molar refractivity (Wildman–Crippen MR) is 155 cm³/mol. The fourth-order valence-electron chi connectivity index (χ4n) is 3.99. The monoisotopic (exact) mass is 559 g/mol. The van der Waals surface area contributed by atoms with Crippen LogP contribution >= 0.6 is 34.9 Å². The Kier molecular flexibility index (Phi) is 6.79. The second kappa shape index (κ2) is 10.5. The summed E-state index contributed by atoms with van der Waals surface area (Å²) in [6.45, 7) is 0. The number of thiazole rings is 1. The van der Waals surface area contributed by atoms with Crippen LogP contribution in [0.25, 0.3) is 32.2 Å². The van der Waals surface area contributed by atoms with Gasteiger partial charge in [0.2, 0.25) is 11.8 Å². The third kappa shape index (κ3) is 5.26. The zero-order chi connectivity index (χ0) is 26.1. The molecule has 0 atom stereocenters. The van der Waals surface area contributed by atoms with Gasteiger partial charge in [-0.15, -0.1) is 11.3 Å². The quantitative estimate of drug-likeness (QED) is 0.208. The number of aromatic nitrogens is 3. The molecule has 0 unspecified atom stereocenters. The highest BCUT2D eigenvalue weighted by molar-refractivity contribution is 8.01. The SMILES string of the molecule is Cn1ccnc1SCC(=O)Nc1ccc2nc(SCC(=O)Nc3ccc4c(c3)oc3ccccc34)sc2c1. The molecule has 0 fully saturated rings. The number of imidazole rings is 1. The van der Waals surface area contributed by atoms with Gasteiger partial charge in [-0.05, 0) is 36.4 Å². The highest BCUT2D eigenvalue weighted by atomic mass is 32.2. The molecule has 3 aromatic heterocycles. The van der Waals surface area contributed by atoms with E-state index in [9.17, 15) is 9.59 Å². The third-order valence-corrected chi connectivity index (χ3v) is 8.97. The summed E-state index contributed by atoms with van der Waals surface area (Å²) >= 11 is 4.26. The number of aryl methyl sites for hydroxylation is 1. The third-order valence-electron chi connectivity index (χ3n) is 5.75. The summed E-state index contributed by atoms with van der Waals surface area (Å²) in [4.78, 5) is 33.8. The van der Waals surface area contributed by atoms with Crippen molar-refractivity contribution in [3.05, 3.63) is 73.1 Å². The van der Waals surface area contributed by atoms with Crippen LogP contribution in [0.2, 0.25) is 0 Å². The van der Waals surface area contributed by atoms with E-state index in [0.717, 1.165) is 41.7 Å². The molecule has 3 heterocycles. The molecular formula is C27H21N5O3S3. The van der Waals surface area contributed by atoms with Crippen molar-refractivity contribution in [2.45, 2.75) is 9.50 Å². The van der Waals surface area contributed by atoms with Crippen molar-refractivity contribution in [1.82, 2.24) is 14.5 Å². The molecule has 0 aliphatic rings. The number of rotatable bonds is 8. The number of hydrogen-bond acceptors (Lipinski definition) is 8. The van der Waals surface area contributed by atoms with E-state index in [1.165, 1.54) is 34.9 Å². The highest BCUT2D eigenvalue weighted by Gasteiger charge is 2.12. The average molecular weight is 560 g/mol. The normalized spacial score (nSPS) is 11.4. The van der Waals surface area contributed by atoms with Gasteiger partial charge in [-0.2, -0.15) is 0 Å². The lowest BCUT2D eigenvalue weighted by molar-refractivity contribution is -0.114. The molecule has 8 nitrogen and oxygen atoms in total. The Morgan fingerprint density at radius 1 is 0.921 bits per heavy atom. The van der Waals surface area contributed by atoms with Crippen LogP contribution in [0.15, 0.2) is 87.0 Å². The summed E-state index contributed by atoms with van der Waals surface area (Å²) in [6, 6.07) is 19.2. The smallest absolute Gasteiger partial charge is 0.234 e. The first-order chi connectivity index (χ1) is 18.5. The molecular weight excluding hydrogens is 539 g/mol. The molecule has 6 rings (SSSR count). The fourth-order valence-corrected chi connectivity index (χ4v) is 6.63. The number of para-hydroxylation sites is 1. The van der Waals surface area contributed by atoms with E-state index in [2.05, 4.69) is 20.6 Å². The number of nitrogens with one attached hydrogen (secondary N) is 2. The Hall–Kier alpha value is -3.80. The summed E-state index contributed by atoms with van der Waals surface area (Å²) in [7, 11) is 1.89. The fraction of sp³-hybridized carbons (Fsp3) is 0.111. The van der Waals surface area contributed by atoms with E-state index in [0.29, 0.717) is 11.4 Å². The van der Waals surface area contributed by atoms with Gasteiger partial charge < -0.3 is 19.6 Å². The van der Waals surface area contributed by atoms with Gasteiger partial charge in [-0.3, -0.25) is 9.59 Å². The maximum absolute atomic E-state index is 12.6. The van der Waals surface area contributed by atoms with E-state index in [1.54, 1.807) is 6.20 Å². The number of hydrogen-bond donors (Lipinski definition) is 2. The second-order valence-electron chi connectivity index (χ2n) is 8.47. The minimum absolute atomic E-state index is 0.103. The Morgan fingerprint density at radius 2 is 1.66 bits per heavy atom. The minimum atomic E-state index is -0.122. The Bertz CT molecular complexity index is 1810. The first kappa shape index (κ1) is 24.5. The zero-order valence-corrected chi connectivity index (χ0v) is 22.6. The van der Waals surface area contributed by atoms with Crippen molar-refractivity contribution < 1.29 is 14.0 Å². The van der Waals surface area contributed by atoms with E-state index in [4.69, 9.17) is 4.42 Å². The summed E-state index contributed by atoms with van der Waals surface area (Å²) < 4.78 is 9.52. The van der Waals surface area contributed by atoms with Gasteiger partial charge in [-0.25, -0.2) is 9.97 Å². The number of amides is 2. The number of carbonyl (C=O) groups is 2. The van der Waals surface area contributed by atoms with Gasteiger partial charge in [0, 0.05) is 47.7 Å². The molecule has 0 saturated heterocycles. The lowest BCUT2D eigenvalue weighted by atomic mass is 10.1. The molecule has 2 N–H and O–H groups in total. The van der Waals surface area contributed by atoms with Gasteiger partial charge in [0.1, 0.15) is 11.2 Å². The molecule has 0 bridgehead atoms. The number of nitrogens with zero attached hydrogens (tertiary/aromatic N) is 3. The van der Waals surface area contributed by atoms with Crippen molar-refractivity contribution in [2.75, 3.05) is 22.1 Å². The number of anilines is 2. The maximum atomic E-state index is 12.6. The standard InChI is InChI=1S/C27H21N5O3S3/c1-32-11-10-28-26(32)36-14-24(33)30-17-7-9-20-23(13-17)38-27(31-20)37-15-25(34)29-16-6-8-19-18-4-2-3-5-21(18)35-22(19)12-16/h2-13H,14-15H2,1H3,(H,29,34)(H,30,33). The molecule has 6 aromatic rings. The lowest BCUT2D eigenvalue weighted by Crippen LogP contribution is -2.14. The van der Waals surface area contributed by atoms with Gasteiger partial charge in [-0.1, -0.05) is 41.7 Å². The number of benzene rings is 3. The van der Waals surface area contributed by atoms with Crippen molar-refractivity contribution in [1.29, 1.82) is 0 Å². The summed E-state index contributed by atoms with van der Waals surface area (Å²) in [5, 5.41) is 8.73. The first-order valence-corrected chi connectivity index (χ1v) is 14.4. The van der Waals surface area contributed by atoms with Gasteiger partial charge in [0.05, 0.1) is 21.7 Å². The minimum Gasteiger partial charge on any atom is -0.456 e. The van der Waals surface area contributed by atoms with E-state index < -0.39 is 0 Å². The number of carbonyl (C=O) groups excluding carboxylic acids is 2. The Balaban J connectivity index is 1.05. The van der Waals surface area contributed by atoms with Gasteiger partial charge in [0.25, 0.3) is 0 Å². The van der Waals surface area contributed by atoms with Crippen molar-refractivity contribution >= 4 is 90.2 Å². The molecule has 2 amide bonds. The molecule has 0 aliphatic carbocycles. The molecule has 0 saturated carbocycles. The van der Waals surface area contributed by atoms with E-state index in [1.807, 2.05) is 78.5 Å². The van der Waals surface area contributed by atoms with Crippen molar-refractivity contribution in [3.8, 4) is 0 Å². The van der Waals surface area contributed by atoms with Crippen LogP contribution in [-0.2, 0) is 16.6 Å². The summed E-state index contributed by atoms with van der Waals surface area (Å²) in [5.74, 6) is 0.272. The Morgan fingerprint density at radius 3 is 2.47 bits per heavy atom. The number of fused-ring (bicyclic) bond motifs is 4. The van der Waals surface area contributed by atoms with Crippen molar-refractivity contribution in [2.24, 2.45) is 7.05 Å². The largest absolute Gasteiger partial charge is 0.456 e. The molecule has 38 heavy (non-hydrogen) atoms. The van der Waals surface area contributed by atoms with Gasteiger partial charge in [0.15, 0.2) is 9.50 Å². The number of furan rings is 1.